The maximum absolute atomic E-state index is 13.2. The largest absolute Gasteiger partial charge is 0.389 e. The highest BCUT2D eigenvalue weighted by atomic mass is 32.2. The van der Waals surface area contributed by atoms with E-state index in [1.807, 2.05) is 6.92 Å². The van der Waals surface area contributed by atoms with Crippen LogP contribution in [0.4, 0.5) is 4.39 Å². The lowest BCUT2D eigenvalue weighted by atomic mass is 10.1. The molecule has 0 fully saturated rings. The molecule has 0 aliphatic carbocycles. The molecule has 1 N–H and O–H groups in total. The molecule has 0 bridgehead atoms. The molecule has 0 saturated carbocycles. The molecular weight excluding hydrogens is 271 g/mol. The molecule has 18 heavy (non-hydrogen) atoms. The number of halogens is 1. The summed E-state index contributed by atoms with van der Waals surface area (Å²) in [6.07, 6.45) is 0.0887. The molecule has 0 aliphatic rings. The number of aryl methyl sites for hydroxylation is 1. The molecule has 1 atom stereocenters. The number of aromatic nitrogens is 2. The number of rotatable bonds is 4. The van der Waals surface area contributed by atoms with Crippen LogP contribution >= 0.6 is 23.3 Å². The Balaban J connectivity index is 2.28. The summed E-state index contributed by atoms with van der Waals surface area (Å²) in [5, 5.41) is 9.65. The Hall–Kier alpha value is -0.980. The van der Waals surface area contributed by atoms with Gasteiger partial charge in [0.05, 0.1) is 6.10 Å². The van der Waals surface area contributed by atoms with E-state index < -0.39 is 6.10 Å². The second kappa shape index (κ2) is 5.77. The van der Waals surface area contributed by atoms with Crippen molar-refractivity contribution in [2.24, 2.45) is 0 Å². The van der Waals surface area contributed by atoms with Crippen LogP contribution in [-0.4, -0.2) is 14.5 Å². The Morgan fingerprint density at radius 1 is 1.50 bits per heavy atom. The summed E-state index contributed by atoms with van der Waals surface area (Å²) in [5.41, 5.74) is 0.577. The van der Waals surface area contributed by atoms with Crippen LogP contribution in [0.3, 0.4) is 0 Å². The zero-order valence-corrected chi connectivity index (χ0v) is 11.7. The molecule has 2 aromatic rings. The predicted molar refractivity (Wildman–Crippen MR) is 70.4 cm³/mol. The maximum Gasteiger partial charge on any atom is 0.174 e. The minimum absolute atomic E-state index is 0.346. The number of aliphatic hydroxyl groups excluding tert-OH is 1. The Labute approximate surface area is 113 Å². The van der Waals surface area contributed by atoms with Crippen molar-refractivity contribution in [3.8, 4) is 0 Å². The number of nitrogens with zero attached hydrogens (tertiary/aromatic N) is 2. The van der Waals surface area contributed by atoms with Crippen LogP contribution in [0.5, 0.6) is 0 Å². The van der Waals surface area contributed by atoms with Crippen LogP contribution in [-0.2, 0) is 6.42 Å². The molecule has 1 unspecified atom stereocenters. The van der Waals surface area contributed by atoms with Crippen molar-refractivity contribution in [1.29, 1.82) is 0 Å². The lowest BCUT2D eigenvalue weighted by Crippen LogP contribution is -1.95. The van der Waals surface area contributed by atoms with Gasteiger partial charge in [0.15, 0.2) is 4.34 Å². The van der Waals surface area contributed by atoms with E-state index in [2.05, 4.69) is 9.36 Å². The molecule has 0 aliphatic heterocycles. The van der Waals surface area contributed by atoms with Crippen LogP contribution in [0.2, 0.25) is 0 Å². The highest BCUT2D eigenvalue weighted by Gasteiger charge is 2.12. The van der Waals surface area contributed by atoms with Gasteiger partial charge in [-0.3, -0.25) is 0 Å². The molecule has 0 saturated heterocycles. The third kappa shape index (κ3) is 3.07. The van der Waals surface area contributed by atoms with Crippen molar-refractivity contribution in [2.75, 3.05) is 0 Å². The first-order chi connectivity index (χ1) is 8.60. The predicted octanol–water partition coefficient (Wildman–Crippen LogP) is 3.44. The second-order valence-electron chi connectivity index (χ2n) is 3.79. The van der Waals surface area contributed by atoms with E-state index in [9.17, 15) is 9.50 Å². The van der Waals surface area contributed by atoms with Gasteiger partial charge in [0, 0.05) is 11.3 Å². The van der Waals surface area contributed by atoms with E-state index >= 15 is 0 Å². The van der Waals surface area contributed by atoms with Gasteiger partial charge in [-0.05, 0) is 42.2 Å². The number of hydrogen-bond acceptors (Lipinski definition) is 5. The minimum atomic E-state index is -0.707. The molecule has 0 radical (unpaired) electrons. The zero-order chi connectivity index (χ0) is 13.1. The summed E-state index contributed by atoms with van der Waals surface area (Å²) in [5.74, 6) is 0.463. The molecule has 0 amide bonds. The van der Waals surface area contributed by atoms with E-state index in [4.69, 9.17) is 0 Å². The molecular formula is C12H13FN2OS2. The van der Waals surface area contributed by atoms with Gasteiger partial charge in [0.25, 0.3) is 0 Å². The van der Waals surface area contributed by atoms with Crippen molar-refractivity contribution in [1.82, 2.24) is 9.36 Å². The normalized spacial score (nSPS) is 12.7. The van der Waals surface area contributed by atoms with Crippen LogP contribution in [0.1, 0.15) is 31.3 Å². The summed E-state index contributed by atoms with van der Waals surface area (Å²) >= 11 is 2.73. The Kier molecular flexibility index (Phi) is 4.31. The quantitative estimate of drug-likeness (QED) is 0.934. The molecule has 2 rings (SSSR count). The van der Waals surface area contributed by atoms with Crippen LogP contribution in [0, 0.1) is 5.82 Å². The average molecular weight is 284 g/mol. The van der Waals surface area contributed by atoms with Crippen molar-refractivity contribution in [2.45, 2.75) is 35.6 Å². The molecule has 1 aromatic heterocycles. The van der Waals surface area contributed by atoms with Gasteiger partial charge in [0.2, 0.25) is 0 Å². The van der Waals surface area contributed by atoms with Crippen LogP contribution < -0.4 is 0 Å². The second-order valence-corrected chi connectivity index (χ2v) is 5.83. The van der Waals surface area contributed by atoms with Gasteiger partial charge in [-0.1, -0.05) is 18.7 Å². The highest BCUT2D eigenvalue weighted by molar-refractivity contribution is 8.01. The first-order valence-corrected chi connectivity index (χ1v) is 7.17. The summed E-state index contributed by atoms with van der Waals surface area (Å²) in [6.45, 7) is 3.62. The smallest absolute Gasteiger partial charge is 0.174 e. The highest BCUT2D eigenvalue weighted by Crippen LogP contribution is 2.34. The van der Waals surface area contributed by atoms with E-state index in [-0.39, 0.29) is 5.82 Å². The summed E-state index contributed by atoms with van der Waals surface area (Å²) in [4.78, 5) is 5.15. The van der Waals surface area contributed by atoms with Crippen molar-refractivity contribution < 1.29 is 9.50 Å². The Bertz CT molecular complexity index is 543. The van der Waals surface area contributed by atoms with E-state index in [1.165, 1.54) is 35.4 Å². The number of aliphatic hydroxyl groups is 1. The van der Waals surface area contributed by atoms with E-state index in [1.54, 1.807) is 13.0 Å². The van der Waals surface area contributed by atoms with Gasteiger partial charge in [-0.15, -0.1) is 0 Å². The van der Waals surface area contributed by atoms with E-state index in [0.717, 1.165) is 21.5 Å². The van der Waals surface area contributed by atoms with Gasteiger partial charge in [-0.25, -0.2) is 9.37 Å². The molecule has 6 heteroatoms. The third-order valence-corrected chi connectivity index (χ3v) is 4.27. The molecule has 96 valence electrons. The molecule has 1 heterocycles. The zero-order valence-electron chi connectivity index (χ0n) is 10.1. The SMILES string of the molecule is CCc1nsc(Sc2ccc(F)cc2C(C)O)n1. The molecule has 1 aromatic carbocycles. The number of hydrogen-bond donors (Lipinski definition) is 1. The van der Waals surface area contributed by atoms with Crippen molar-refractivity contribution in [3.05, 3.63) is 35.4 Å². The maximum atomic E-state index is 13.2. The fourth-order valence-corrected chi connectivity index (χ4v) is 3.31. The molecule has 3 nitrogen and oxygen atoms in total. The van der Waals surface area contributed by atoms with Crippen molar-refractivity contribution in [3.63, 3.8) is 0 Å². The van der Waals surface area contributed by atoms with Gasteiger partial charge in [-0.2, -0.15) is 4.37 Å². The van der Waals surface area contributed by atoms with Gasteiger partial charge >= 0.3 is 0 Å². The fraction of sp³-hybridized carbons (Fsp3) is 0.333. The Morgan fingerprint density at radius 2 is 2.28 bits per heavy atom. The monoisotopic (exact) mass is 284 g/mol. The minimum Gasteiger partial charge on any atom is -0.389 e. The molecule has 0 spiro atoms. The van der Waals surface area contributed by atoms with Crippen LogP contribution in [0.25, 0.3) is 0 Å². The Morgan fingerprint density at radius 3 is 2.89 bits per heavy atom. The summed E-state index contributed by atoms with van der Waals surface area (Å²) < 4.78 is 18.2. The van der Waals surface area contributed by atoms with Gasteiger partial charge in [0.1, 0.15) is 11.6 Å². The first-order valence-electron chi connectivity index (χ1n) is 5.58. The lowest BCUT2D eigenvalue weighted by Gasteiger charge is -2.10. The number of benzene rings is 1. The fourth-order valence-electron chi connectivity index (χ4n) is 1.46. The summed E-state index contributed by atoms with van der Waals surface area (Å²) in [6, 6.07) is 4.40. The average Bonchev–Trinajstić information content (AvgIpc) is 2.79. The van der Waals surface area contributed by atoms with E-state index in [0.29, 0.717) is 5.56 Å². The van der Waals surface area contributed by atoms with Crippen LogP contribution in [0.15, 0.2) is 27.4 Å². The lowest BCUT2D eigenvalue weighted by molar-refractivity contribution is 0.196. The standard InChI is InChI=1S/C12H13FN2OS2/c1-3-11-14-12(18-15-11)17-10-5-4-8(13)6-9(10)7(2)16/h4-7,16H,3H2,1-2H3. The van der Waals surface area contributed by atoms with Gasteiger partial charge < -0.3 is 5.11 Å². The van der Waals surface area contributed by atoms with Crippen molar-refractivity contribution >= 4 is 23.3 Å². The first kappa shape index (κ1) is 13.5. The third-order valence-electron chi connectivity index (χ3n) is 2.38. The topological polar surface area (TPSA) is 46.0 Å². The summed E-state index contributed by atoms with van der Waals surface area (Å²) in [7, 11) is 0.